The van der Waals surface area contributed by atoms with Crippen LogP contribution >= 0.6 is 16.9 Å². The van der Waals surface area contributed by atoms with E-state index in [1.807, 2.05) is 0 Å². The van der Waals surface area contributed by atoms with Crippen molar-refractivity contribution in [1.82, 2.24) is 0 Å². The summed E-state index contributed by atoms with van der Waals surface area (Å²) in [5, 5.41) is 0. The van der Waals surface area contributed by atoms with Crippen LogP contribution < -0.4 is 0 Å². The van der Waals surface area contributed by atoms with Crippen LogP contribution in [0.15, 0.2) is 0 Å². The molecule has 0 atom stereocenters. The van der Waals surface area contributed by atoms with Gasteiger partial charge in [-0.25, -0.2) is 0 Å². The lowest BCUT2D eigenvalue weighted by Crippen LogP contribution is -1.33. The Morgan fingerprint density at radius 1 is 1.20 bits per heavy atom. The Labute approximate surface area is 33.0 Å². The van der Waals surface area contributed by atoms with Gasteiger partial charge >= 0.3 is 0 Å². The van der Waals surface area contributed by atoms with Crippen LogP contribution in [0.25, 0.3) is 0 Å². The summed E-state index contributed by atoms with van der Waals surface area (Å²) < 4.78 is 18.6. The van der Waals surface area contributed by atoms with E-state index in [1.54, 1.807) is 0 Å². The first-order chi connectivity index (χ1) is 2.41. The zero-order valence-electron chi connectivity index (χ0n) is 2.42. The summed E-state index contributed by atoms with van der Waals surface area (Å²) in [6.07, 6.45) is 0. The molecule has 0 aliphatic carbocycles. The highest BCUT2D eigenvalue weighted by Gasteiger charge is 1.69. The molecule has 0 fully saturated rings. The molecule has 0 aromatic heterocycles. The van der Waals surface area contributed by atoms with E-state index >= 15 is 0 Å². The van der Waals surface area contributed by atoms with E-state index in [9.17, 15) is 9.13 Å². The van der Waals surface area contributed by atoms with Crippen molar-refractivity contribution < 1.29 is 9.13 Å². The van der Waals surface area contributed by atoms with E-state index in [2.05, 4.69) is 0 Å². The summed E-state index contributed by atoms with van der Waals surface area (Å²) >= 11 is 0. The van der Waals surface area contributed by atoms with E-state index in [1.165, 1.54) is 0 Å². The maximum absolute atomic E-state index is 9.30. The molecule has 0 bridgehead atoms. The molecule has 0 rings (SSSR count). The van der Waals surface area contributed by atoms with Crippen LogP contribution in [0, 0.1) is 0 Å². The summed E-state index contributed by atoms with van der Waals surface area (Å²) in [4.78, 5) is 0. The number of rotatable bonds is 2. The molecule has 0 saturated heterocycles. The molecule has 28 valence electrons. The predicted molar refractivity (Wildman–Crippen MR) is 20.1 cm³/mol. The van der Waals surface area contributed by atoms with Gasteiger partial charge in [-0.05, 0) is 0 Å². The van der Waals surface area contributed by atoms with Gasteiger partial charge in [0.05, 0.1) is 0 Å². The first-order valence-corrected chi connectivity index (χ1v) is 2.99. The van der Waals surface area contributed by atoms with Gasteiger partial charge in [0.25, 0.3) is 0 Å². The third kappa shape index (κ3) is 4.20. The Morgan fingerprint density at radius 3 is 1.60 bits per heavy atom. The molecule has 0 aromatic carbocycles. The van der Waals surface area contributed by atoms with Gasteiger partial charge in [-0.3, -0.25) is 9.13 Å². The van der Waals surface area contributed by atoms with Crippen LogP contribution in [-0.2, 0) is 9.13 Å². The Morgan fingerprint density at radius 2 is 1.60 bits per heavy atom. The molecule has 0 radical (unpaired) electrons. The lowest BCUT2D eigenvalue weighted by molar-refractivity contribution is 0.595. The Balaban J connectivity index is 2.65. The topological polar surface area (TPSA) is 34.1 Å². The first kappa shape index (κ1) is 5.20. The van der Waals surface area contributed by atoms with Crippen LogP contribution in [0.3, 0.4) is 0 Å². The van der Waals surface area contributed by atoms with Crippen LogP contribution in [0.1, 0.15) is 0 Å². The summed E-state index contributed by atoms with van der Waals surface area (Å²) in [5.74, 6) is 0.222. The van der Waals surface area contributed by atoms with Gasteiger partial charge in [0, 0.05) is 0 Å². The van der Waals surface area contributed by atoms with Crippen molar-refractivity contribution in [2.75, 3.05) is 5.90 Å². The van der Waals surface area contributed by atoms with Crippen molar-refractivity contribution in [3.63, 3.8) is 0 Å². The van der Waals surface area contributed by atoms with Crippen molar-refractivity contribution in [2.24, 2.45) is 0 Å². The van der Waals surface area contributed by atoms with Gasteiger partial charge < -0.3 is 0 Å². The van der Waals surface area contributed by atoms with Crippen molar-refractivity contribution >= 4 is 16.9 Å². The SMILES string of the molecule is O=PCP=O. The number of hydrogen-bond acceptors (Lipinski definition) is 2. The second-order valence-electron chi connectivity index (χ2n) is 0.400. The van der Waals surface area contributed by atoms with Gasteiger partial charge in [-0.1, -0.05) is 0 Å². The van der Waals surface area contributed by atoms with Crippen molar-refractivity contribution in [3.8, 4) is 0 Å². The quantitative estimate of drug-likeness (QED) is 0.502. The van der Waals surface area contributed by atoms with Gasteiger partial charge in [-0.15, -0.1) is 0 Å². The molecule has 5 heavy (non-hydrogen) atoms. The molecule has 0 heterocycles. The molecule has 0 unspecified atom stereocenters. The van der Waals surface area contributed by atoms with Gasteiger partial charge in [0.2, 0.25) is 0 Å². The highest BCUT2D eigenvalue weighted by atomic mass is 31.1. The fraction of sp³-hybridized carbons (Fsp3) is 1.00. The van der Waals surface area contributed by atoms with Crippen molar-refractivity contribution in [1.29, 1.82) is 0 Å². The van der Waals surface area contributed by atoms with E-state index in [4.69, 9.17) is 0 Å². The third-order valence-corrected chi connectivity index (χ3v) is 1.04. The molecule has 0 aliphatic heterocycles. The van der Waals surface area contributed by atoms with Crippen LogP contribution in [0.5, 0.6) is 0 Å². The smallest absolute Gasteiger partial charge is 0.167 e. The van der Waals surface area contributed by atoms with E-state index in [-0.39, 0.29) is 22.8 Å². The minimum atomic E-state index is -0.0451. The largest absolute Gasteiger partial charge is 0.274 e. The van der Waals surface area contributed by atoms with Crippen molar-refractivity contribution in [2.45, 2.75) is 0 Å². The Bertz CT molecular complexity index is 36.9. The fourth-order valence-electron chi connectivity index (χ4n) is 0.0236. The zero-order valence-corrected chi connectivity index (χ0v) is 4.21. The molecule has 0 saturated carbocycles. The molecule has 2 nitrogen and oxygen atoms in total. The minimum absolute atomic E-state index is 0.0451. The highest BCUT2D eigenvalue weighted by molar-refractivity contribution is 7.42. The number of hydrogen-bond donors (Lipinski definition) is 0. The van der Waals surface area contributed by atoms with Crippen LogP contribution in [0.2, 0.25) is 0 Å². The second kappa shape index (κ2) is 4.20. The Hall–Kier alpha value is 0.200. The second-order valence-corrected chi connectivity index (χ2v) is 2.05. The van der Waals surface area contributed by atoms with E-state index < -0.39 is 0 Å². The van der Waals surface area contributed by atoms with E-state index in [0.29, 0.717) is 0 Å². The molecular formula is CH2O2P2. The molecule has 4 heteroatoms. The average Bonchev–Trinajstić information content (AvgIpc) is 1.41. The highest BCUT2D eigenvalue weighted by Crippen LogP contribution is 2.00. The summed E-state index contributed by atoms with van der Waals surface area (Å²) in [7, 11) is -0.0903. The maximum Gasteiger partial charge on any atom is 0.167 e. The molecule has 0 aliphatic rings. The van der Waals surface area contributed by atoms with E-state index in [0.717, 1.165) is 0 Å². The summed E-state index contributed by atoms with van der Waals surface area (Å²) in [5.41, 5.74) is 0. The minimum Gasteiger partial charge on any atom is -0.274 e. The molecule has 0 aromatic rings. The standard InChI is InChI=1S/CH2O2P2/c2-4-1-5-3/h1H2. The Kier molecular flexibility index (Phi) is 4.37. The third-order valence-electron chi connectivity index (χ3n) is 0.115. The zero-order chi connectivity index (χ0) is 4.12. The van der Waals surface area contributed by atoms with Gasteiger partial charge in [-0.2, -0.15) is 0 Å². The summed E-state index contributed by atoms with van der Waals surface area (Å²) in [6, 6.07) is 0. The molecular weight excluding hydrogens is 106 g/mol. The maximum atomic E-state index is 9.30. The fourth-order valence-corrected chi connectivity index (χ4v) is 0.212. The van der Waals surface area contributed by atoms with Crippen LogP contribution in [0.4, 0.5) is 0 Å². The van der Waals surface area contributed by atoms with Gasteiger partial charge in [0.15, 0.2) is 16.9 Å². The van der Waals surface area contributed by atoms with Crippen molar-refractivity contribution in [3.05, 3.63) is 0 Å². The predicted octanol–water partition coefficient (Wildman–Crippen LogP) is 1.53. The van der Waals surface area contributed by atoms with Gasteiger partial charge in [0.1, 0.15) is 5.90 Å². The lowest BCUT2D eigenvalue weighted by Gasteiger charge is -1.49. The lowest BCUT2D eigenvalue weighted by atomic mass is 11.9. The molecule has 0 N–H and O–H groups in total. The summed E-state index contributed by atoms with van der Waals surface area (Å²) in [6.45, 7) is 0. The molecule has 0 spiro atoms. The monoisotopic (exact) mass is 108 g/mol. The van der Waals surface area contributed by atoms with Crippen LogP contribution in [-0.4, -0.2) is 5.90 Å². The average molecular weight is 108 g/mol. The first-order valence-electron chi connectivity index (χ1n) is 0.998. The molecule has 0 amide bonds. The normalized spacial score (nSPS) is 9.60.